The van der Waals surface area contributed by atoms with E-state index in [1.165, 1.54) is 5.01 Å². The van der Waals surface area contributed by atoms with Crippen LogP contribution in [-0.2, 0) is 13.1 Å². The van der Waals surface area contributed by atoms with Crippen LogP contribution in [0.4, 0.5) is 0 Å². The maximum atomic E-state index is 5.88. The molecule has 0 aliphatic heterocycles. The summed E-state index contributed by atoms with van der Waals surface area (Å²) in [6, 6.07) is 7.77. The van der Waals surface area contributed by atoms with E-state index in [4.69, 9.17) is 11.6 Å². The summed E-state index contributed by atoms with van der Waals surface area (Å²) >= 11 is 7.59. The first-order valence-electron chi connectivity index (χ1n) is 7.21. The topological polar surface area (TPSA) is 49.3 Å². The molecular formula is C16H22ClIN4S. The molecule has 2 rings (SSSR count). The lowest BCUT2D eigenvalue weighted by atomic mass is 10.2. The standard InChI is InChI=1S/C16H21ClN4S.HI/c1-11(2)15-21-14(10-22-15)9-20-16(18-3)19-8-12-4-6-13(17)7-5-12;/h4-7,10-11H,8-9H2,1-3H3,(H2,18,19,20);1H. The number of nitrogens with one attached hydrogen (secondary N) is 2. The normalized spacial score (nSPS) is 11.3. The van der Waals surface area contributed by atoms with Gasteiger partial charge in [-0.15, -0.1) is 35.3 Å². The minimum absolute atomic E-state index is 0. The zero-order chi connectivity index (χ0) is 15.9. The Morgan fingerprint density at radius 1 is 1.22 bits per heavy atom. The zero-order valence-electron chi connectivity index (χ0n) is 13.5. The molecule has 0 aliphatic carbocycles. The fourth-order valence-corrected chi connectivity index (χ4v) is 2.81. The molecule has 0 aliphatic rings. The third-order valence-corrected chi connectivity index (χ3v) is 4.54. The van der Waals surface area contributed by atoms with Gasteiger partial charge in [0.1, 0.15) is 0 Å². The van der Waals surface area contributed by atoms with Crippen LogP contribution in [0.15, 0.2) is 34.6 Å². The van der Waals surface area contributed by atoms with E-state index in [2.05, 4.69) is 39.8 Å². The average molecular weight is 465 g/mol. The van der Waals surface area contributed by atoms with Crippen molar-refractivity contribution in [3.63, 3.8) is 0 Å². The maximum absolute atomic E-state index is 5.88. The van der Waals surface area contributed by atoms with Gasteiger partial charge in [-0.2, -0.15) is 0 Å². The Morgan fingerprint density at radius 2 is 1.87 bits per heavy atom. The number of halogens is 2. The van der Waals surface area contributed by atoms with E-state index >= 15 is 0 Å². The van der Waals surface area contributed by atoms with Crippen LogP contribution in [0.2, 0.25) is 5.02 Å². The quantitative estimate of drug-likeness (QED) is 0.392. The van der Waals surface area contributed by atoms with E-state index in [1.807, 2.05) is 24.3 Å². The number of rotatable bonds is 5. The van der Waals surface area contributed by atoms with Gasteiger partial charge in [-0.1, -0.05) is 37.6 Å². The third-order valence-electron chi connectivity index (χ3n) is 3.10. The lowest BCUT2D eigenvalue weighted by Gasteiger charge is -2.11. The van der Waals surface area contributed by atoms with Crippen molar-refractivity contribution in [1.82, 2.24) is 15.6 Å². The number of hydrogen-bond acceptors (Lipinski definition) is 3. The van der Waals surface area contributed by atoms with Crippen LogP contribution in [0.3, 0.4) is 0 Å². The Balaban J connectivity index is 0.00000264. The molecule has 2 N–H and O–H groups in total. The number of thiazole rings is 1. The van der Waals surface area contributed by atoms with E-state index in [0.29, 0.717) is 19.0 Å². The third kappa shape index (κ3) is 6.64. The number of aliphatic imine (C=N–C) groups is 1. The molecule has 0 spiro atoms. The van der Waals surface area contributed by atoms with Gasteiger partial charge in [-0.05, 0) is 17.7 Å². The van der Waals surface area contributed by atoms with Gasteiger partial charge < -0.3 is 10.6 Å². The van der Waals surface area contributed by atoms with E-state index in [-0.39, 0.29) is 24.0 Å². The van der Waals surface area contributed by atoms with Crippen LogP contribution in [0, 0.1) is 0 Å². The van der Waals surface area contributed by atoms with E-state index in [9.17, 15) is 0 Å². The Hall–Kier alpha value is -0.860. The van der Waals surface area contributed by atoms with E-state index in [1.54, 1.807) is 18.4 Å². The smallest absolute Gasteiger partial charge is 0.191 e. The van der Waals surface area contributed by atoms with Gasteiger partial charge >= 0.3 is 0 Å². The first kappa shape index (κ1) is 20.2. The summed E-state index contributed by atoms with van der Waals surface area (Å²) in [5.74, 6) is 1.23. The van der Waals surface area contributed by atoms with Gasteiger partial charge in [0.15, 0.2) is 5.96 Å². The van der Waals surface area contributed by atoms with Gasteiger partial charge in [0.25, 0.3) is 0 Å². The minimum Gasteiger partial charge on any atom is -0.352 e. The zero-order valence-corrected chi connectivity index (χ0v) is 17.4. The molecule has 0 bridgehead atoms. The molecule has 126 valence electrons. The van der Waals surface area contributed by atoms with Crippen molar-refractivity contribution in [1.29, 1.82) is 0 Å². The highest BCUT2D eigenvalue weighted by Crippen LogP contribution is 2.18. The number of benzene rings is 1. The molecule has 1 aromatic carbocycles. The summed E-state index contributed by atoms with van der Waals surface area (Å²) in [4.78, 5) is 8.82. The Bertz CT molecular complexity index is 625. The van der Waals surface area contributed by atoms with Crippen molar-refractivity contribution in [3.05, 3.63) is 50.9 Å². The van der Waals surface area contributed by atoms with Crippen molar-refractivity contribution < 1.29 is 0 Å². The van der Waals surface area contributed by atoms with Crippen LogP contribution < -0.4 is 10.6 Å². The van der Waals surface area contributed by atoms with Gasteiger partial charge in [-0.25, -0.2) is 4.98 Å². The highest BCUT2D eigenvalue weighted by Gasteiger charge is 2.06. The highest BCUT2D eigenvalue weighted by molar-refractivity contribution is 14.0. The van der Waals surface area contributed by atoms with Crippen LogP contribution in [-0.4, -0.2) is 18.0 Å². The molecule has 2 aromatic rings. The van der Waals surface area contributed by atoms with Crippen LogP contribution in [0.5, 0.6) is 0 Å². The average Bonchev–Trinajstić information content (AvgIpc) is 2.98. The molecule has 0 unspecified atom stereocenters. The summed E-state index contributed by atoms with van der Waals surface area (Å²) in [5.41, 5.74) is 2.20. The summed E-state index contributed by atoms with van der Waals surface area (Å²) in [6.45, 7) is 5.68. The SMILES string of the molecule is CN=C(NCc1ccc(Cl)cc1)NCc1csc(C(C)C)n1.I. The Morgan fingerprint density at radius 3 is 2.43 bits per heavy atom. The molecule has 23 heavy (non-hydrogen) atoms. The van der Waals surface area contributed by atoms with E-state index < -0.39 is 0 Å². The molecule has 4 nitrogen and oxygen atoms in total. The second-order valence-electron chi connectivity index (χ2n) is 5.24. The highest BCUT2D eigenvalue weighted by atomic mass is 127. The van der Waals surface area contributed by atoms with Crippen molar-refractivity contribution in [3.8, 4) is 0 Å². The molecule has 1 aromatic heterocycles. The second kappa shape index (κ2) is 10.1. The number of hydrogen-bond donors (Lipinski definition) is 2. The maximum Gasteiger partial charge on any atom is 0.191 e. The van der Waals surface area contributed by atoms with Gasteiger partial charge in [0.05, 0.1) is 17.2 Å². The largest absolute Gasteiger partial charge is 0.352 e. The summed E-state index contributed by atoms with van der Waals surface area (Å²) in [5, 5.41) is 10.6. The second-order valence-corrected chi connectivity index (χ2v) is 6.56. The van der Waals surface area contributed by atoms with Crippen molar-refractivity contribution in [2.24, 2.45) is 4.99 Å². The van der Waals surface area contributed by atoms with Gasteiger partial charge in [-0.3, -0.25) is 4.99 Å². The number of nitrogens with zero attached hydrogens (tertiary/aromatic N) is 2. The lowest BCUT2D eigenvalue weighted by molar-refractivity contribution is 0.783. The van der Waals surface area contributed by atoms with Crippen molar-refractivity contribution in [2.75, 3.05) is 7.05 Å². The summed E-state index contributed by atoms with van der Waals surface area (Å²) in [6.07, 6.45) is 0. The number of guanidine groups is 1. The van der Waals surface area contributed by atoms with Crippen LogP contribution >= 0.6 is 46.9 Å². The summed E-state index contributed by atoms with van der Waals surface area (Å²) < 4.78 is 0. The van der Waals surface area contributed by atoms with Crippen LogP contribution in [0.1, 0.15) is 36.0 Å². The Kier molecular flexibility index (Phi) is 8.86. The molecule has 7 heteroatoms. The molecule has 0 radical (unpaired) electrons. The fraction of sp³-hybridized carbons (Fsp3) is 0.375. The Labute approximate surface area is 163 Å². The molecule has 0 atom stereocenters. The van der Waals surface area contributed by atoms with Crippen LogP contribution in [0.25, 0.3) is 0 Å². The molecule has 0 saturated carbocycles. The van der Waals surface area contributed by atoms with Crippen molar-refractivity contribution >= 4 is 52.9 Å². The number of aromatic nitrogens is 1. The van der Waals surface area contributed by atoms with Crippen molar-refractivity contribution in [2.45, 2.75) is 32.9 Å². The monoisotopic (exact) mass is 464 g/mol. The molecule has 0 saturated heterocycles. The minimum atomic E-state index is 0. The van der Waals surface area contributed by atoms with Gasteiger partial charge in [0.2, 0.25) is 0 Å². The first-order valence-corrected chi connectivity index (χ1v) is 8.47. The predicted molar refractivity (Wildman–Crippen MR) is 110 cm³/mol. The summed E-state index contributed by atoms with van der Waals surface area (Å²) in [7, 11) is 1.76. The molecule has 0 amide bonds. The molecule has 1 heterocycles. The predicted octanol–water partition coefficient (Wildman–Crippen LogP) is 4.40. The molecular weight excluding hydrogens is 443 g/mol. The first-order chi connectivity index (χ1) is 10.6. The van der Waals surface area contributed by atoms with Gasteiger partial charge in [0, 0.05) is 29.9 Å². The van der Waals surface area contributed by atoms with E-state index in [0.717, 1.165) is 22.2 Å². The lowest BCUT2D eigenvalue weighted by Crippen LogP contribution is -2.36. The molecule has 0 fully saturated rings. The fourth-order valence-electron chi connectivity index (χ4n) is 1.85.